The van der Waals surface area contributed by atoms with Crippen molar-refractivity contribution in [3.63, 3.8) is 0 Å². The van der Waals surface area contributed by atoms with Gasteiger partial charge in [0, 0.05) is 34.2 Å². The average molecular weight is 537 g/mol. The lowest BCUT2D eigenvalue weighted by Gasteiger charge is -2.13. The van der Waals surface area contributed by atoms with E-state index in [-0.39, 0.29) is 17.4 Å². The summed E-state index contributed by atoms with van der Waals surface area (Å²) < 4.78 is 0. The van der Waals surface area contributed by atoms with E-state index >= 15 is 0 Å². The number of para-hydroxylation sites is 1. The van der Waals surface area contributed by atoms with Gasteiger partial charge in [-0.3, -0.25) is 19.4 Å². The lowest BCUT2D eigenvalue weighted by atomic mass is 10.1. The quantitative estimate of drug-likeness (QED) is 0.184. The fourth-order valence-corrected chi connectivity index (χ4v) is 4.52. The van der Waals surface area contributed by atoms with Gasteiger partial charge in [0.2, 0.25) is 5.91 Å². The fraction of sp³-hybridized carbons (Fsp3) is 0.0968. The first-order valence-corrected chi connectivity index (χ1v) is 13.3. The van der Waals surface area contributed by atoms with E-state index in [1.165, 1.54) is 11.8 Å². The summed E-state index contributed by atoms with van der Waals surface area (Å²) in [4.78, 5) is 43.5. The van der Waals surface area contributed by atoms with Gasteiger partial charge < -0.3 is 16.0 Å². The number of hydrogen-bond acceptors (Lipinski definition) is 5. The number of carbonyl (C=O) groups is 3. The van der Waals surface area contributed by atoms with Gasteiger partial charge in [-0.05, 0) is 73.0 Å². The summed E-state index contributed by atoms with van der Waals surface area (Å²) in [6.45, 7) is 3.92. The molecule has 0 saturated heterocycles. The number of carbonyl (C=O) groups excluding carboxylic acids is 3. The Morgan fingerprint density at radius 3 is 2.31 bits per heavy atom. The molecule has 3 amide bonds. The Kier molecular flexibility index (Phi) is 9.26. The highest BCUT2D eigenvalue weighted by Gasteiger charge is 2.16. The Hall–Kier alpha value is -4.69. The number of aryl methyl sites for hydroxylation is 2. The van der Waals surface area contributed by atoms with Crippen molar-refractivity contribution in [1.82, 2.24) is 10.3 Å². The molecule has 0 aliphatic carbocycles. The van der Waals surface area contributed by atoms with Crippen molar-refractivity contribution in [3.05, 3.63) is 125 Å². The second kappa shape index (κ2) is 13.2. The SMILES string of the molecule is Cc1cccc(C)c1NC(=O)CSc1cccc(NC(=O)/C(=C/c2cccnc2)NC(=O)c2ccccc2)c1. The summed E-state index contributed by atoms with van der Waals surface area (Å²) in [5, 5.41) is 8.54. The maximum atomic E-state index is 13.2. The minimum Gasteiger partial charge on any atom is -0.325 e. The van der Waals surface area contributed by atoms with E-state index in [0.29, 0.717) is 16.8 Å². The Bertz CT molecular complexity index is 1480. The highest BCUT2D eigenvalue weighted by molar-refractivity contribution is 8.00. The zero-order chi connectivity index (χ0) is 27.6. The van der Waals surface area contributed by atoms with E-state index in [2.05, 4.69) is 20.9 Å². The number of amides is 3. The smallest absolute Gasteiger partial charge is 0.272 e. The number of pyridine rings is 1. The molecule has 3 N–H and O–H groups in total. The van der Waals surface area contributed by atoms with E-state index < -0.39 is 11.8 Å². The maximum Gasteiger partial charge on any atom is 0.272 e. The molecular formula is C31H28N4O3S. The van der Waals surface area contributed by atoms with Gasteiger partial charge in [0.05, 0.1) is 5.75 Å². The molecule has 8 heteroatoms. The molecule has 0 saturated carbocycles. The Balaban J connectivity index is 1.44. The number of rotatable bonds is 9. The standard InChI is InChI=1S/C31H28N4O3S/c1-21-9-6-10-22(2)29(21)35-28(36)20-39-26-15-7-14-25(18-26)33-31(38)27(17-23-11-8-16-32-19-23)34-30(37)24-12-4-3-5-13-24/h3-19H,20H2,1-2H3,(H,33,38)(H,34,37)(H,35,36)/b27-17-. The predicted octanol–water partition coefficient (Wildman–Crippen LogP) is 5.84. The van der Waals surface area contributed by atoms with E-state index in [9.17, 15) is 14.4 Å². The minimum atomic E-state index is -0.488. The van der Waals surface area contributed by atoms with Crippen molar-refractivity contribution in [3.8, 4) is 0 Å². The van der Waals surface area contributed by atoms with E-state index in [1.54, 1.807) is 73.1 Å². The Morgan fingerprint density at radius 2 is 1.59 bits per heavy atom. The fourth-order valence-electron chi connectivity index (χ4n) is 3.77. The summed E-state index contributed by atoms with van der Waals surface area (Å²) in [5.74, 6) is -0.792. The third-order valence-electron chi connectivity index (χ3n) is 5.73. The third kappa shape index (κ3) is 7.90. The van der Waals surface area contributed by atoms with Crippen molar-refractivity contribution in [2.45, 2.75) is 18.7 Å². The summed E-state index contributed by atoms with van der Waals surface area (Å²) in [5.41, 5.74) is 4.54. The van der Waals surface area contributed by atoms with Gasteiger partial charge in [-0.1, -0.05) is 48.5 Å². The van der Waals surface area contributed by atoms with E-state index in [1.807, 2.05) is 44.2 Å². The summed E-state index contributed by atoms with van der Waals surface area (Å²) in [6.07, 6.45) is 4.80. The Labute approximate surface area is 231 Å². The van der Waals surface area contributed by atoms with Crippen LogP contribution in [0.1, 0.15) is 27.0 Å². The van der Waals surface area contributed by atoms with Crippen LogP contribution < -0.4 is 16.0 Å². The normalized spacial score (nSPS) is 11.0. The summed E-state index contributed by atoms with van der Waals surface area (Å²) >= 11 is 1.36. The largest absolute Gasteiger partial charge is 0.325 e. The second-order valence-corrected chi connectivity index (χ2v) is 9.80. The zero-order valence-corrected chi connectivity index (χ0v) is 22.4. The molecule has 7 nitrogen and oxygen atoms in total. The third-order valence-corrected chi connectivity index (χ3v) is 6.73. The number of anilines is 2. The zero-order valence-electron chi connectivity index (χ0n) is 21.6. The number of hydrogen-bond donors (Lipinski definition) is 3. The molecule has 4 aromatic rings. The number of nitrogens with zero attached hydrogens (tertiary/aromatic N) is 1. The molecule has 0 fully saturated rings. The molecule has 0 radical (unpaired) electrons. The molecule has 0 aliphatic rings. The van der Waals surface area contributed by atoms with Crippen molar-refractivity contribution >= 4 is 46.9 Å². The van der Waals surface area contributed by atoms with Crippen LogP contribution in [0.2, 0.25) is 0 Å². The highest BCUT2D eigenvalue weighted by atomic mass is 32.2. The van der Waals surface area contributed by atoms with Crippen LogP contribution in [0.4, 0.5) is 11.4 Å². The van der Waals surface area contributed by atoms with Crippen LogP contribution in [0.3, 0.4) is 0 Å². The van der Waals surface area contributed by atoms with Gasteiger partial charge in [0.25, 0.3) is 11.8 Å². The van der Waals surface area contributed by atoms with Crippen LogP contribution in [-0.2, 0) is 9.59 Å². The minimum absolute atomic E-state index is 0.0721. The first-order chi connectivity index (χ1) is 18.9. The average Bonchev–Trinajstić information content (AvgIpc) is 2.95. The summed E-state index contributed by atoms with van der Waals surface area (Å²) in [6, 6.07) is 25.3. The molecule has 0 bridgehead atoms. The molecule has 0 unspecified atom stereocenters. The van der Waals surface area contributed by atoms with Crippen molar-refractivity contribution in [2.75, 3.05) is 16.4 Å². The van der Waals surface area contributed by atoms with Gasteiger partial charge in [-0.15, -0.1) is 11.8 Å². The van der Waals surface area contributed by atoms with Crippen molar-refractivity contribution in [1.29, 1.82) is 0 Å². The lowest BCUT2D eigenvalue weighted by molar-refractivity contribution is -0.114. The predicted molar refractivity (Wildman–Crippen MR) is 156 cm³/mol. The molecule has 196 valence electrons. The van der Waals surface area contributed by atoms with Crippen LogP contribution >= 0.6 is 11.8 Å². The van der Waals surface area contributed by atoms with Crippen LogP contribution in [0.15, 0.2) is 108 Å². The summed E-state index contributed by atoms with van der Waals surface area (Å²) in [7, 11) is 0. The van der Waals surface area contributed by atoms with Crippen LogP contribution in [0, 0.1) is 13.8 Å². The van der Waals surface area contributed by atoms with Crippen molar-refractivity contribution in [2.24, 2.45) is 0 Å². The highest BCUT2D eigenvalue weighted by Crippen LogP contribution is 2.24. The van der Waals surface area contributed by atoms with Gasteiger partial charge in [0.15, 0.2) is 0 Å². The molecular weight excluding hydrogens is 508 g/mol. The maximum absolute atomic E-state index is 13.2. The lowest BCUT2D eigenvalue weighted by Crippen LogP contribution is -2.30. The number of aromatic nitrogens is 1. The number of benzene rings is 3. The molecule has 0 atom stereocenters. The first-order valence-electron chi connectivity index (χ1n) is 12.3. The van der Waals surface area contributed by atoms with Crippen molar-refractivity contribution < 1.29 is 14.4 Å². The molecule has 39 heavy (non-hydrogen) atoms. The van der Waals surface area contributed by atoms with Crippen LogP contribution in [0.5, 0.6) is 0 Å². The van der Waals surface area contributed by atoms with E-state index in [4.69, 9.17) is 0 Å². The molecule has 1 aromatic heterocycles. The molecule has 3 aromatic carbocycles. The number of thioether (sulfide) groups is 1. The second-order valence-electron chi connectivity index (χ2n) is 8.75. The first kappa shape index (κ1) is 27.3. The van der Waals surface area contributed by atoms with Crippen LogP contribution in [-0.4, -0.2) is 28.5 Å². The number of nitrogens with one attached hydrogen (secondary N) is 3. The Morgan fingerprint density at radius 1 is 0.846 bits per heavy atom. The molecule has 0 aliphatic heterocycles. The molecule has 4 rings (SSSR count). The monoisotopic (exact) mass is 536 g/mol. The van der Waals surface area contributed by atoms with Gasteiger partial charge in [-0.2, -0.15) is 0 Å². The van der Waals surface area contributed by atoms with Crippen LogP contribution in [0.25, 0.3) is 6.08 Å². The van der Waals surface area contributed by atoms with E-state index in [0.717, 1.165) is 21.7 Å². The van der Waals surface area contributed by atoms with Gasteiger partial charge >= 0.3 is 0 Å². The van der Waals surface area contributed by atoms with Gasteiger partial charge in [-0.25, -0.2) is 0 Å². The molecule has 1 heterocycles. The van der Waals surface area contributed by atoms with Gasteiger partial charge in [0.1, 0.15) is 5.70 Å². The topological polar surface area (TPSA) is 100 Å². The molecule has 0 spiro atoms.